The average molecular weight is 281 g/mol. The highest BCUT2D eigenvalue weighted by Crippen LogP contribution is 2.31. The molecule has 0 radical (unpaired) electrons. The zero-order valence-electron chi connectivity index (χ0n) is 9.14. The highest BCUT2D eigenvalue weighted by atomic mass is 32.2. The first-order chi connectivity index (χ1) is 8.72. The molecular formula is C9H7N5O2S2. The highest BCUT2D eigenvalue weighted by Gasteiger charge is 2.03. The van der Waals surface area contributed by atoms with Crippen LogP contribution in [0.15, 0.2) is 38.8 Å². The van der Waals surface area contributed by atoms with Gasteiger partial charge in [-0.1, -0.05) is 11.8 Å². The molecule has 0 saturated heterocycles. The lowest BCUT2D eigenvalue weighted by atomic mass is 10.3. The van der Waals surface area contributed by atoms with Crippen LogP contribution in [-0.2, 0) is 0 Å². The van der Waals surface area contributed by atoms with Crippen LogP contribution in [0, 0.1) is 4.91 Å². The van der Waals surface area contributed by atoms with Crippen molar-refractivity contribution in [2.24, 2.45) is 15.4 Å². The van der Waals surface area contributed by atoms with Gasteiger partial charge in [-0.3, -0.25) is 0 Å². The summed E-state index contributed by atoms with van der Waals surface area (Å²) in [4.78, 5) is 14.3. The number of phenols is 1. The van der Waals surface area contributed by atoms with E-state index in [1.165, 1.54) is 30.0 Å². The zero-order valence-corrected chi connectivity index (χ0v) is 10.8. The van der Waals surface area contributed by atoms with E-state index in [2.05, 4.69) is 24.8 Å². The molecule has 18 heavy (non-hydrogen) atoms. The molecule has 0 atom stereocenters. The topological polar surface area (TPSA) is 100 Å². The summed E-state index contributed by atoms with van der Waals surface area (Å²) >= 11 is 2.55. The third kappa shape index (κ3) is 2.87. The molecule has 0 fully saturated rings. The number of benzene rings is 1. The maximum absolute atomic E-state index is 10.3. The first-order valence-electron chi connectivity index (χ1n) is 4.68. The molecule has 1 heterocycles. The standard InChI is InChI=1S/C9H7N5O2S2/c1-17-9-10-8(18-14-9)12-11-5-2-3-6(13-16)7(15)4-5/h2-4,15H,1H3. The van der Waals surface area contributed by atoms with Crippen molar-refractivity contribution in [3.63, 3.8) is 0 Å². The van der Waals surface area contributed by atoms with E-state index in [0.717, 1.165) is 11.5 Å². The predicted molar refractivity (Wildman–Crippen MR) is 69.4 cm³/mol. The van der Waals surface area contributed by atoms with Crippen LogP contribution >= 0.6 is 23.3 Å². The molecule has 0 aliphatic carbocycles. The molecule has 0 amide bonds. The number of nitroso groups, excluding NO2 is 1. The molecule has 9 heteroatoms. The summed E-state index contributed by atoms with van der Waals surface area (Å²) in [5, 5.41) is 20.9. The first-order valence-corrected chi connectivity index (χ1v) is 6.68. The SMILES string of the molecule is CSc1nsc(N=Nc2ccc(N=O)c(O)c2)n1. The highest BCUT2D eigenvalue weighted by molar-refractivity contribution is 7.98. The Hall–Kier alpha value is -1.87. The number of hydrogen-bond donors (Lipinski definition) is 1. The average Bonchev–Trinajstić information content (AvgIpc) is 2.84. The maximum atomic E-state index is 10.3. The predicted octanol–water partition coefficient (Wildman–Crippen LogP) is 3.78. The van der Waals surface area contributed by atoms with Crippen LogP contribution in [0.25, 0.3) is 0 Å². The molecule has 7 nitrogen and oxygen atoms in total. The molecule has 2 aromatic rings. The minimum Gasteiger partial charge on any atom is -0.505 e. The van der Waals surface area contributed by atoms with Crippen LogP contribution in [-0.4, -0.2) is 20.7 Å². The van der Waals surface area contributed by atoms with Crippen LogP contribution in [0.3, 0.4) is 0 Å². The Balaban J connectivity index is 2.18. The van der Waals surface area contributed by atoms with Crippen LogP contribution in [0.4, 0.5) is 16.5 Å². The summed E-state index contributed by atoms with van der Waals surface area (Å²) in [6.07, 6.45) is 1.87. The van der Waals surface area contributed by atoms with Gasteiger partial charge in [-0.25, -0.2) is 0 Å². The quantitative estimate of drug-likeness (QED) is 0.522. The van der Waals surface area contributed by atoms with Crippen molar-refractivity contribution in [2.75, 3.05) is 6.26 Å². The monoisotopic (exact) mass is 281 g/mol. The molecule has 2 rings (SSSR count). The molecule has 1 aromatic heterocycles. The lowest BCUT2D eigenvalue weighted by Gasteiger charge is -1.95. The van der Waals surface area contributed by atoms with Gasteiger partial charge < -0.3 is 5.11 Å². The van der Waals surface area contributed by atoms with Crippen molar-refractivity contribution in [3.05, 3.63) is 23.1 Å². The minimum absolute atomic E-state index is 0.0328. The van der Waals surface area contributed by atoms with Crippen LogP contribution in [0.2, 0.25) is 0 Å². The number of rotatable bonds is 4. The van der Waals surface area contributed by atoms with E-state index in [0.29, 0.717) is 16.0 Å². The molecule has 0 saturated carbocycles. The number of aromatic nitrogens is 2. The third-order valence-electron chi connectivity index (χ3n) is 1.89. The summed E-state index contributed by atoms with van der Waals surface area (Å²) in [7, 11) is 0. The fourth-order valence-corrected chi connectivity index (χ4v) is 2.13. The molecule has 1 aromatic carbocycles. The van der Waals surface area contributed by atoms with Gasteiger partial charge in [0.05, 0.1) is 5.69 Å². The number of azo groups is 1. The van der Waals surface area contributed by atoms with Gasteiger partial charge in [0.2, 0.25) is 10.3 Å². The van der Waals surface area contributed by atoms with E-state index >= 15 is 0 Å². The number of aromatic hydroxyl groups is 1. The number of hydrogen-bond acceptors (Lipinski definition) is 9. The van der Waals surface area contributed by atoms with E-state index in [1.807, 2.05) is 6.26 Å². The van der Waals surface area contributed by atoms with E-state index in [9.17, 15) is 10.0 Å². The fraction of sp³-hybridized carbons (Fsp3) is 0.111. The van der Waals surface area contributed by atoms with Crippen LogP contribution < -0.4 is 0 Å². The number of nitrogens with zero attached hydrogens (tertiary/aromatic N) is 5. The Kier molecular flexibility index (Phi) is 3.95. The largest absolute Gasteiger partial charge is 0.505 e. The molecule has 0 aliphatic rings. The second-order valence-electron chi connectivity index (χ2n) is 3.03. The number of phenolic OH excluding ortho intramolecular Hbond substituents is 1. The Morgan fingerprint density at radius 1 is 1.39 bits per heavy atom. The second-order valence-corrected chi connectivity index (χ2v) is 4.53. The molecule has 1 N–H and O–H groups in total. The van der Waals surface area contributed by atoms with Gasteiger partial charge in [0.25, 0.3) is 0 Å². The smallest absolute Gasteiger partial charge is 0.250 e. The van der Waals surface area contributed by atoms with Gasteiger partial charge in [0.15, 0.2) is 0 Å². The Labute approximate surface area is 110 Å². The van der Waals surface area contributed by atoms with Gasteiger partial charge in [-0.05, 0) is 23.6 Å². The Bertz CT molecular complexity index is 598. The molecule has 0 unspecified atom stereocenters. The van der Waals surface area contributed by atoms with E-state index in [1.54, 1.807) is 0 Å². The van der Waals surface area contributed by atoms with Crippen molar-refractivity contribution in [2.45, 2.75) is 5.16 Å². The van der Waals surface area contributed by atoms with Gasteiger partial charge in [-0.2, -0.15) is 9.36 Å². The molecular weight excluding hydrogens is 274 g/mol. The van der Waals surface area contributed by atoms with Crippen LogP contribution in [0.5, 0.6) is 5.75 Å². The first kappa shape index (κ1) is 12.6. The van der Waals surface area contributed by atoms with Crippen molar-refractivity contribution < 1.29 is 5.11 Å². The summed E-state index contributed by atoms with van der Waals surface area (Å²) in [6, 6.07) is 4.19. The van der Waals surface area contributed by atoms with Crippen LogP contribution in [0.1, 0.15) is 0 Å². The van der Waals surface area contributed by atoms with Gasteiger partial charge in [0.1, 0.15) is 11.4 Å². The summed E-state index contributed by atoms with van der Waals surface area (Å²) in [6.45, 7) is 0. The Morgan fingerprint density at radius 3 is 2.83 bits per heavy atom. The third-order valence-corrected chi connectivity index (χ3v) is 3.15. The van der Waals surface area contributed by atoms with Gasteiger partial charge in [-0.15, -0.1) is 15.1 Å². The second kappa shape index (κ2) is 5.65. The van der Waals surface area contributed by atoms with Crippen molar-refractivity contribution in [1.82, 2.24) is 9.36 Å². The van der Waals surface area contributed by atoms with E-state index in [-0.39, 0.29) is 11.4 Å². The van der Waals surface area contributed by atoms with Crippen molar-refractivity contribution >= 4 is 39.8 Å². The lowest BCUT2D eigenvalue weighted by Crippen LogP contribution is -1.69. The molecule has 92 valence electrons. The Morgan fingerprint density at radius 2 is 2.22 bits per heavy atom. The summed E-state index contributed by atoms with van der Waals surface area (Å²) in [5.41, 5.74) is 0.371. The molecule has 0 spiro atoms. The van der Waals surface area contributed by atoms with Crippen molar-refractivity contribution in [3.8, 4) is 5.75 Å². The van der Waals surface area contributed by atoms with Gasteiger partial charge >= 0.3 is 0 Å². The van der Waals surface area contributed by atoms with Crippen molar-refractivity contribution in [1.29, 1.82) is 0 Å². The lowest BCUT2D eigenvalue weighted by molar-refractivity contribution is 0.477. The van der Waals surface area contributed by atoms with E-state index in [4.69, 9.17) is 0 Å². The normalized spacial score (nSPS) is 10.9. The molecule has 0 aliphatic heterocycles. The maximum Gasteiger partial charge on any atom is 0.250 e. The van der Waals surface area contributed by atoms with E-state index < -0.39 is 0 Å². The van der Waals surface area contributed by atoms with Gasteiger partial charge in [0, 0.05) is 17.6 Å². The number of thioether (sulfide) groups is 1. The summed E-state index contributed by atoms with van der Waals surface area (Å²) < 4.78 is 4.03. The molecule has 0 bridgehead atoms. The fourth-order valence-electron chi connectivity index (χ4n) is 1.08. The minimum atomic E-state index is -0.233. The summed E-state index contributed by atoms with van der Waals surface area (Å²) in [5.74, 6) is -0.233. The zero-order chi connectivity index (χ0) is 13.0.